The van der Waals surface area contributed by atoms with Crippen molar-refractivity contribution in [3.8, 4) is 11.5 Å². The number of likely N-dealkylation sites (tertiary alicyclic amines) is 1. The van der Waals surface area contributed by atoms with Gasteiger partial charge in [0.1, 0.15) is 5.56 Å². The minimum absolute atomic E-state index is 0.0684. The molecule has 0 saturated carbocycles. The van der Waals surface area contributed by atoms with Gasteiger partial charge < -0.3 is 14.4 Å². The Hall–Kier alpha value is -3.39. The lowest BCUT2D eigenvalue weighted by molar-refractivity contribution is -0.138. The third-order valence-electron chi connectivity index (χ3n) is 7.11. The summed E-state index contributed by atoms with van der Waals surface area (Å²) in [4.78, 5) is 33.3. The van der Waals surface area contributed by atoms with Gasteiger partial charge in [-0.25, -0.2) is 4.68 Å². The largest absolute Gasteiger partial charge is 0.340 e. The molecule has 1 unspecified atom stereocenters. The standard InChI is InChI=1S/C27H34N6O2/c1-2-12-29-16-18-31(19-17-29)26(34)22-9-8-15-32(21-22)27(35)24-20-28-33(23-10-4-3-5-11-23)25(24)30-13-6-7-14-30/h3-7,10-11,13-14,20,22H,2,8-9,12,15-19,21H2,1H3. The van der Waals surface area contributed by atoms with Gasteiger partial charge in [0.25, 0.3) is 5.91 Å². The summed E-state index contributed by atoms with van der Waals surface area (Å²) in [5.41, 5.74) is 1.44. The number of nitrogens with zero attached hydrogens (tertiary/aromatic N) is 6. The second-order valence-electron chi connectivity index (χ2n) is 9.48. The van der Waals surface area contributed by atoms with Crippen molar-refractivity contribution in [3.05, 3.63) is 66.6 Å². The van der Waals surface area contributed by atoms with Gasteiger partial charge in [-0.2, -0.15) is 5.10 Å². The van der Waals surface area contributed by atoms with Gasteiger partial charge in [0.15, 0.2) is 5.82 Å². The molecule has 184 valence electrons. The van der Waals surface area contributed by atoms with E-state index in [-0.39, 0.29) is 17.7 Å². The van der Waals surface area contributed by atoms with Crippen molar-refractivity contribution in [1.29, 1.82) is 0 Å². The fraction of sp³-hybridized carbons (Fsp3) is 0.444. The van der Waals surface area contributed by atoms with E-state index in [0.29, 0.717) is 24.5 Å². The molecule has 2 saturated heterocycles. The highest BCUT2D eigenvalue weighted by atomic mass is 16.2. The Morgan fingerprint density at radius 1 is 0.943 bits per heavy atom. The molecule has 4 heterocycles. The molecule has 8 nitrogen and oxygen atoms in total. The number of piperazine rings is 1. The van der Waals surface area contributed by atoms with Crippen LogP contribution in [0.2, 0.25) is 0 Å². The highest BCUT2D eigenvalue weighted by Crippen LogP contribution is 2.25. The van der Waals surface area contributed by atoms with E-state index in [4.69, 9.17) is 0 Å². The van der Waals surface area contributed by atoms with Gasteiger partial charge in [-0.05, 0) is 50.1 Å². The third kappa shape index (κ3) is 4.89. The van der Waals surface area contributed by atoms with E-state index >= 15 is 0 Å². The SMILES string of the molecule is CCCN1CCN(C(=O)C2CCCN(C(=O)c3cnn(-c4ccccc4)c3-n3cccc3)C2)CC1. The fourth-order valence-corrected chi connectivity index (χ4v) is 5.27. The summed E-state index contributed by atoms with van der Waals surface area (Å²) in [6, 6.07) is 13.7. The first kappa shape index (κ1) is 23.4. The monoisotopic (exact) mass is 474 g/mol. The topological polar surface area (TPSA) is 66.6 Å². The van der Waals surface area contributed by atoms with E-state index in [1.807, 2.05) is 69.2 Å². The van der Waals surface area contributed by atoms with Crippen LogP contribution in [0.1, 0.15) is 36.5 Å². The molecule has 0 radical (unpaired) electrons. The zero-order valence-corrected chi connectivity index (χ0v) is 20.4. The highest BCUT2D eigenvalue weighted by molar-refractivity contribution is 5.97. The smallest absolute Gasteiger partial charge is 0.259 e. The minimum Gasteiger partial charge on any atom is -0.340 e. The zero-order chi connectivity index (χ0) is 24.2. The summed E-state index contributed by atoms with van der Waals surface area (Å²) in [5.74, 6) is 0.710. The van der Waals surface area contributed by atoms with Crippen LogP contribution in [0.25, 0.3) is 11.5 Å². The predicted octanol–water partition coefficient (Wildman–Crippen LogP) is 3.07. The summed E-state index contributed by atoms with van der Waals surface area (Å²) in [6.07, 6.45) is 8.32. The Balaban J connectivity index is 1.34. The number of benzene rings is 1. The number of hydrogen-bond donors (Lipinski definition) is 0. The molecule has 3 aromatic rings. The Kier molecular flexibility index (Phi) is 6.99. The van der Waals surface area contributed by atoms with Crippen LogP contribution in [0.4, 0.5) is 0 Å². The quantitative estimate of drug-likeness (QED) is 0.551. The van der Waals surface area contributed by atoms with E-state index in [1.54, 1.807) is 10.9 Å². The summed E-state index contributed by atoms with van der Waals surface area (Å²) >= 11 is 0. The molecular weight excluding hydrogens is 440 g/mol. The van der Waals surface area contributed by atoms with Crippen molar-refractivity contribution < 1.29 is 9.59 Å². The molecule has 5 rings (SSSR count). The van der Waals surface area contributed by atoms with Gasteiger partial charge in [-0.1, -0.05) is 25.1 Å². The Morgan fingerprint density at radius 3 is 2.40 bits per heavy atom. The second-order valence-corrected chi connectivity index (χ2v) is 9.48. The molecule has 2 fully saturated rings. The second kappa shape index (κ2) is 10.5. The molecule has 0 aliphatic carbocycles. The van der Waals surface area contributed by atoms with Gasteiger partial charge in [0, 0.05) is 51.7 Å². The maximum absolute atomic E-state index is 13.7. The average Bonchev–Trinajstić information content (AvgIpc) is 3.59. The Bertz CT molecular complexity index is 1130. The van der Waals surface area contributed by atoms with E-state index < -0.39 is 0 Å². The molecule has 35 heavy (non-hydrogen) atoms. The van der Waals surface area contributed by atoms with Crippen LogP contribution in [-0.4, -0.2) is 86.7 Å². The molecule has 0 bridgehead atoms. The van der Waals surface area contributed by atoms with Crippen molar-refractivity contribution in [1.82, 2.24) is 29.0 Å². The molecule has 0 N–H and O–H groups in total. The number of amides is 2. The molecule has 1 atom stereocenters. The number of hydrogen-bond acceptors (Lipinski definition) is 4. The van der Waals surface area contributed by atoms with Crippen LogP contribution in [0.15, 0.2) is 61.1 Å². The summed E-state index contributed by atoms with van der Waals surface area (Å²) < 4.78 is 3.73. The van der Waals surface area contributed by atoms with Crippen LogP contribution in [0.5, 0.6) is 0 Å². The molecule has 2 aliphatic heterocycles. The minimum atomic E-state index is -0.135. The van der Waals surface area contributed by atoms with Crippen LogP contribution in [0, 0.1) is 5.92 Å². The normalized spacial score (nSPS) is 19.2. The molecule has 2 amide bonds. The van der Waals surface area contributed by atoms with Crippen LogP contribution in [0.3, 0.4) is 0 Å². The highest BCUT2D eigenvalue weighted by Gasteiger charge is 2.34. The van der Waals surface area contributed by atoms with Gasteiger partial charge in [-0.3, -0.25) is 14.5 Å². The van der Waals surface area contributed by atoms with Crippen LogP contribution in [-0.2, 0) is 4.79 Å². The first-order chi connectivity index (χ1) is 17.2. The lowest BCUT2D eigenvalue weighted by Gasteiger charge is -2.39. The first-order valence-electron chi connectivity index (χ1n) is 12.7. The van der Waals surface area contributed by atoms with Crippen LogP contribution >= 0.6 is 0 Å². The van der Waals surface area contributed by atoms with E-state index in [2.05, 4.69) is 16.9 Å². The van der Waals surface area contributed by atoms with Crippen LogP contribution < -0.4 is 0 Å². The van der Waals surface area contributed by atoms with Crippen molar-refractivity contribution in [2.75, 3.05) is 45.8 Å². The maximum Gasteiger partial charge on any atom is 0.259 e. The van der Waals surface area contributed by atoms with E-state index in [9.17, 15) is 9.59 Å². The van der Waals surface area contributed by atoms with Gasteiger partial charge in [0.2, 0.25) is 5.91 Å². The molecular formula is C27H34N6O2. The number of piperidine rings is 1. The van der Waals surface area contributed by atoms with Crippen molar-refractivity contribution in [2.24, 2.45) is 5.92 Å². The number of rotatable bonds is 6. The number of aromatic nitrogens is 3. The van der Waals surface area contributed by atoms with Gasteiger partial charge in [-0.15, -0.1) is 0 Å². The summed E-state index contributed by atoms with van der Waals surface area (Å²) in [7, 11) is 0. The van der Waals surface area contributed by atoms with Crippen molar-refractivity contribution >= 4 is 11.8 Å². The lowest BCUT2D eigenvalue weighted by Crippen LogP contribution is -2.53. The number of carbonyl (C=O) groups is 2. The maximum atomic E-state index is 13.7. The fourth-order valence-electron chi connectivity index (χ4n) is 5.27. The molecule has 8 heteroatoms. The first-order valence-corrected chi connectivity index (χ1v) is 12.7. The van der Waals surface area contributed by atoms with Crippen molar-refractivity contribution in [3.63, 3.8) is 0 Å². The molecule has 2 aliphatic rings. The Labute approximate surface area is 206 Å². The number of carbonyl (C=O) groups excluding carboxylic acids is 2. The predicted molar refractivity (Wildman–Crippen MR) is 135 cm³/mol. The molecule has 1 aromatic carbocycles. The van der Waals surface area contributed by atoms with Crippen molar-refractivity contribution in [2.45, 2.75) is 26.2 Å². The van der Waals surface area contributed by atoms with Gasteiger partial charge >= 0.3 is 0 Å². The lowest BCUT2D eigenvalue weighted by atomic mass is 9.95. The third-order valence-corrected chi connectivity index (χ3v) is 7.11. The van der Waals surface area contributed by atoms with E-state index in [0.717, 1.165) is 57.7 Å². The molecule has 2 aromatic heterocycles. The van der Waals surface area contributed by atoms with Gasteiger partial charge in [0.05, 0.1) is 17.8 Å². The van der Waals surface area contributed by atoms with E-state index in [1.165, 1.54) is 0 Å². The Morgan fingerprint density at radius 2 is 1.69 bits per heavy atom. The summed E-state index contributed by atoms with van der Waals surface area (Å²) in [6.45, 7) is 7.85. The average molecular weight is 475 g/mol. The number of para-hydroxylation sites is 1. The molecule has 0 spiro atoms. The zero-order valence-electron chi connectivity index (χ0n) is 20.4. The summed E-state index contributed by atoms with van der Waals surface area (Å²) in [5, 5.41) is 4.58.